The van der Waals surface area contributed by atoms with E-state index in [9.17, 15) is 4.79 Å². The van der Waals surface area contributed by atoms with Crippen LogP contribution >= 0.6 is 11.7 Å². The molecule has 0 amide bonds. The van der Waals surface area contributed by atoms with Crippen LogP contribution in [0.5, 0.6) is 0 Å². The number of H-pyrrole nitrogens is 1. The Morgan fingerprint density at radius 2 is 2.00 bits per heavy atom. The van der Waals surface area contributed by atoms with Crippen molar-refractivity contribution in [1.82, 2.24) is 18.7 Å². The molecule has 6 nitrogen and oxygen atoms in total. The third-order valence-electron chi connectivity index (χ3n) is 2.78. The third-order valence-corrected chi connectivity index (χ3v) is 3.30. The van der Waals surface area contributed by atoms with Gasteiger partial charge in [0, 0.05) is 13.1 Å². The van der Waals surface area contributed by atoms with Gasteiger partial charge in [0.15, 0.2) is 5.52 Å². The average molecular weight is 237 g/mol. The summed E-state index contributed by atoms with van der Waals surface area (Å²) >= 11 is 1.02. The van der Waals surface area contributed by atoms with Gasteiger partial charge in [-0.2, -0.15) is 13.7 Å². The minimum absolute atomic E-state index is 0.195. The van der Waals surface area contributed by atoms with Crippen LogP contribution < -0.4 is 10.5 Å². The SMILES string of the molecule is O=c1[nH]c(N2CCCCC2)nc2nsnc12. The number of aromatic nitrogens is 4. The van der Waals surface area contributed by atoms with Gasteiger partial charge in [-0.3, -0.25) is 9.78 Å². The summed E-state index contributed by atoms with van der Waals surface area (Å²) in [5.41, 5.74) is 0.597. The van der Waals surface area contributed by atoms with Crippen molar-refractivity contribution in [2.45, 2.75) is 19.3 Å². The number of rotatable bonds is 1. The van der Waals surface area contributed by atoms with E-state index in [1.54, 1.807) is 0 Å². The van der Waals surface area contributed by atoms with Crippen molar-refractivity contribution in [1.29, 1.82) is 0 Å². The number of nitrogens with zero attached hydrogens (tertiary/aromatic N) is 4. The topological polar surface area (TPSA) is 74.8 Å². The van der Waals surface area contributed by atoms with E-state index in [0.29, 0.717) is 17.1 Å². The molecule has 1 N–H and O–H groups in total. The first-order chi connectivity index (χ1) is 7.84. The van der Waals surface area contributed by atoms with Crippen LogP contribution in [0.4, 0.5) is 5.95 Å². The zero-order chi connectivity index (χ0) is 11.0. The van der Waals surface area contributed by atoms with E-state index in [2.05, 4.69) is 23.6 Å². The molecule has 3 rings (SSSR count). The standard InChI is InChI=1S/C9H11N5OS/c15-8-6-7(13-16-12-6)10-9(11-8)14-4-2-1-3-5-14/h1-5H2,(H,10,11,13,15). The van der Waals surface area contributed by atoms with E-state index in [-0.39, 0.29) is 5.56 Å². The van der Waals surface area contributed by atoms with E-state index in [1.165, 1.54) is 6.42 Å². The molecule has 16 heavy (non-hydrogen) atoms. The summed E-state index contributed by atoms with van der Waals surface area (Å²) in [5.74, 6) is 0.630. The van der Waals surface area contributed by atoms with E-state index in [4.69, 9.17) is 0 Å². The summed E-state index contributed by atoms with van der Waals surface area (Å²) in [4.78, 5) is 20.9. The van der Waals surface area contributed by atoms with Crippen molar-refractivity contribution >= 4 is 28.8 Å². The molecule has 0 radical (unpaired) electrons. The van der Waals surface area contributed by atoms with Crippen molar-refractivity contribution in [2.75, 3.05) is 18.0 Å². The van der Waals surface area contributed by atoms with E-state index in [1.807, 2.05) is 0 Å². The fraction of sp³-hybridized carbons (Fsp3) is 0.556. The average Bonchev–Trinajstić information content (AvgIpc) is 2.79. The molecule has 3 heterocycles. The minimum atomic E-state index is -0.195. The molecule has 0 unspecified atom stereocenters. The second kappa shape index (κ2) is 3.82. The summed E-state index contributed by atoms with van der Waals surface area (Å²) < 4.78 is 7.92. The number of anilines is 1. The monoisotopic (exact) mass is 237 g/mol. The van der Waals surface area contributed by atoms with Gasteiger partial charge in [0.25, 0.3) is 5.56 Å². The van der Waals surface area contributed by atoms with Gasteiger partial charge in [0.2, 0.25) is 11.6 Å². The van der Waals surface area contributed by atoms with Crippen LogP contribution in [0.15, 0.2) is 4.79 Å². The number of fused-ring (bicyclic) bond motifs is 1. The summed E-state index contributed by atoms with van der Waals surface area (Å²) in [6, 6.07) is 0. The fourth-order valence-corrected chi connectivity index (χ4v) is 2.44. The van der Waals surface area contributed by atoms with Gasteiger partial charge in [-0.15, -0.1) is 0 Å². The van der Waals surface area contributed by atoms with Gasteiger partial charge in [-0.1, -0.05) is 0 Å². The van der Waals surface area contributed by atoms with Crippen LogP contribution in [0.2, 0.25) is 0 Å². The maximum Gasteiger partial charge on any atom is 0.281 e. The summed E-state index contributed by atoms with van der Waals surface area (Å²) in [7, 11) is 0. The Labute approximate surface area is 95.7 Å². The maximum absolute atomic E-state index is 11.7. The zero-order valence-corrected chi connectivity index (χ0v) is 9.46. The van der Waals surface area contributed by atoms with Gasteiger partial charge < -0.3 is 4.90 Å². The van der Waals surface area contributed by atoms with Crippen LogP contribution in [0.1, 0.15) is 19.3 Å². The lowest BCUT2D eigenvalue weighted by molar-refractivity contribution is 0.568. The van der Waals surface area contributed by atoms with Crippen LogP contribution in [0.25, 0.3) is 11.2 Å². The van der Waals surface area contributed by atoms with Crippen LogP contribution in [-0.4, -0.2) is 31.8 Å². The second-order valence-electron chi connectivity index (χ2n) is 3.87. The highest BCUT2D eigenvalue weighted by molar-refractivity contribution is 7.00. The van der Waals surface area contributed by atoms with Gasteiger partial charge in [0.1, 0.15) is 0 Å². The Morgan fingerprint density at radius 3 is 2.81 bits per heavy atom. The Morgan fingerprint density at radius 1 is 1.19 bits per heavy atom. The van der Waals surface area contributed by atoms with E-state index >= 15 is 0 Å². The Bertz CT molecular complexity index is 556. The highest BCUT2D eigenvalue weighted by Gasteiger charge is 2.15. The molecule has 1 saturated heterocycles. The molecular weight excluding hydrogens is 226 g/mol. The van der Waals surface area contributed by atoms with E-state index in [0.717, 1.165) is 37.7 Å². The maximum atomic E-state index is 11.7. The van der Waals surface area contributed by atoms with Gasteiger partial charge in [0.05, 0.1) is 11.7 Å². The molecule has 0 spiro atoms. The van der Waals surface area contributed by atoms with E-state index < -0.39 is 0 Å². The number of hydrogen-bond acceptors (Lipinski definition) is 6. The molecule has 1 aliphatic rings. The molecule has 1 aliphatic heterocycles. The summed E-state index contributed by atoms with van der Waals surface area (Å²) in [5, 5.41) is 0. The third kappa shape index (κ3) is 1.57. The Balaban J connectivity index is 2.06. The van der Waals surface area contributed by atoms with Crippen LogP contribution in [0, 0.1) is 0 Å². The van der Waals surface area contributed by atoms with Crippen LogP contribution in [-0.2, 0) is 0 Å². The number of hydrogen-bond donors (Lipinski definition) is 1. The fourth-order valence-electron chi connectivity index (χ4n) is 1.94. The molecule has 2 aromatic heterocycles. The molecule has 0 aliphatic carbocycles. The van der Waals surface area contributed by atoms with Crippen molar-refractivity contribution in [3.8, 4) is 0 Å². The largest absolute Gasteiger partial charge is 0.342 e. The second-order valence-corrected chi connectivity index (χ2v) is 4.40. The van der Waals surface area contributed by atoms with Gasteiger partial charge >= 0.3 is 0 Å². The first-order valence-electron chi connectivity index (χ1n) is 5.32. The summed E-state index contributed by atoms with van der Waals surface area (Å²) in [6.07, 6.45) is 3.55. The molecule has 84 valence electrons. The normalized spacial score (nSPS) is 16.9. The van der Waals surface area contributed by atoms with Crippen LogP contribution in [0.3, 0.4) is 0 Å². The number of aromatic amines is 1. The molecular formula is C9H11N5OS. The van der Waals surface area contributed by atoms with Gasteiger partial charge in [-0.05, 0) is 19.3 Å². The minimum Gasteiger partial charge on any atom is -0.342 e. The van der Waals surface area contributed by atoms with Gasteiger partial charge in [-0.25, -0.2) is 0 Å². The van der Waals surface area contributed by atoms with Crippen molar-refractivity contribution in [2.24, 2.45) is 0 Å². The molecule has 0 saturated carbocycles. The lowest BCUT2D eigenvalue weighted by Crippen LogP contribution is -2.32. The molecule has 0 aromatic carbocycles. The quantitative estimate of drug-likeness (QED) is 0.792. The first-order valence-corrected chi connectivity index (χ1v) is 6.05. The van der Waals surface area contributed by atoms with Crippen molar-refractivity contribution in [3.05, 3.63) is 10.4 Å². The smallest absolute Gasteiger partial charge is 0.281 e. The predicted octanol–water partition coefficient (Wildman–Crippen LogP) is 0.765. The van der Waals surface area contributed by atoms with Crippen molar-refractivity contribution < 1.29 is 0 Å². The lowest BCUT2D eigenvalue weighted by atomic mass is 10.1. The zero-order valence-electron chi connectivity index (χ0n) is 8.64. The molecule has 0 bridgehead atoms. The first kappa shape index (κ1) is 9.71. The molecule has 0 atom stereocenters. The highest BCUT2D eigenvalue weighted by atomic mass is 32.1. The number of nitrogens with one attached hydrogen (secondary N) is 1. The molecule has 2 aromatic rings. The Kier molecular flexibility index (Phi) is 2.32. The number of piperidine rings is 1. The molecule has 1 fully saturated rings. The lowest BCUT2D eigenvalue weighted by Gasteiger charge is -2.26. The predicted molar refractivity (Wildman–Crippen MR) is 61.9 cm³/mol. The Hall–Kier alpha value is -1.50. The summed E-state index contributed by atoms with van der Waals surface area (Å²) in [6.45, 7) is 1.90. The van der Waals surface area contributed by atoms with Crippen molar-refractivity contribution in [3.63, 3.8) is 0 Å². The highest BCUT2D eigenvalue weighted by Crippen LogP contribution is 2.15. The molecule has 7 heteroatoms.